The first-order valence-corrected chi connectivity index (χ1v) is 11.4. The van der Waals surface area contributed by atoms with E-state index in [1.54, 1.807) is 11.0 Å². The van der Waals surface area contributed by atoms with Crippen molar-refractivity contribution in [2.24, 2.45) is 0 Å². The molecule has 1 heterocycles. The number of nitrogens with one attached hydrogen (secondary N) is 1. The van der Waals surface area contributed by atoms with Gasteiger partial charge in [-0.3, -0.25) is 10.1 Å². The van der Waals surface area contributed by atoms with Crippen molar-refractivity contribution in [3.63, 3.8) is 0 Å². The van der Waals surface area contributed by atoms with Gasteiger partial charge in [0.25, 0.3) is 5.69 Å². The van der Waals surface area contributed by atoms with E-state index in [1.165, 1.54) is 6.07 Å². The van der Waals surface area contributed by atoms with E-state index in [2.05, 4.69) is 5.32 Å². The van der Waals surface area contributed by atoms with Gasteiger partial charge >= 0.3 is 6.09 Å². The fraction of sp³-hybridized carbons (Fsp3) is 0.458. The molecular weight excluding hydrogens is 446 g/mol. The van der Waals surface area contributed by atoms with E-state index in [-0.39, 0.29) is 35.1 Å². The third kappa shape index (κ3) is 7.25. The van der Waals surface area contributed by atoms with Crippen molar-refractivity contribution in [2.45, 2.75) is 58.3 Å². The number of hydrogen-bond donors (Lipinski definition) is 1. The summed E-state index contributed by atoms with van der Waals surface area (Å²) in [6, 6.07) is 12.3. The Morgan fingerprint density at radius 3 is 2.64 bits per heavy atom. The molecule has 1 aliphatic heterocycles. The Morgan fingerprint density at radius 1 is 1.24 bits per heavy atom. The van der Waals surface area contributed by atoms with Crippen LogP contribution in [0.2, 0.25) is 5.02 Å². The van der Waals surface area contributed by atoms with Crippen molar-refractivity contribution in [3.8, 4) is 5.75 Å². The fourth-order valence-electron chi connectivity index (χ4n) is 3.64. The van der Waals surface area contributed by atoms with Crippen molar-refractivity contribution in [3.05, 3.63) is 63.2 Å². The molecule has 1 N–H and O–H groups in total. The normalized spacial score (nSPS) is 16.6. The van der Waals surface area contributed by atoms with Gasteiger partial charge in [-0.1, -0.05) is 41.9 Å². The molecule has 1 aliphatic rings. The summed E-state index contributed by atoms with van der Waals surface area (Å²) in [6.45, 7) is 6.69. The number of amides is 1. The standard InChI is InChI=1S/C24H30ClN3O5/c1-24(2,3)33-23(29)27-12-8-7-11-18(15-27)26-22-20(25)13-19(14-21(22)28(30)31)32-16-17-9-5-4-6-10-17/h4-6,9-10,13-14,18,26H,7-8,11-12,15-16H2,1-3H3/t18-/m1/s1. The molecule has 1 atom stereocenters. The number of likely N-dealkylation sites (tertiary alicyclic amines) is 1. The van der Waals surface area contributed by atoms with Crippen molar-refractivity contribution in [1.82, 2.24) is 4.90 Å². The second kappa shape index (κ2) is 10.7. The molecule has 0 aromatic heterocycles. The number of hydrogen-bond acceptors (Lipinski definition) is 6. The maximum Gasteiger partial charge on any atom is 0.410 e. The van der Waals surface area contributed by atoms with E-state index in [0.29, 0.717) is 18.8 Å². The second-order valence-corrected chi connectivity index (χ2v) is 9.50. The average Bonchev–Trinajstić information content (AvgIpc) is 2.99. The van der Waals surface area contributed by atoms with Gasteiger partial charge in [-0.05, 0) is 45.6 Å². The number of nitrogens with zero attached hydrogens (tertiary/aromatic N) is 2. The first kappa shape index (κ1) is 24.6. The summed E-state index contributed by atoms with van der Waals surface area (Å²) in [5, 5.41) is 15.2. The lowest BCUT2D eigenvalue weighted by Gasteiger charge is -2.29. The van der Waals surface area contributed by atoms with Crippen LogP contribution in [0.5, 0.6) is 5.75 Å². The molecule has 0 aliphatic carbocycles. The Kier molecular flexibility index (Phi) is 8.02. The zero-order chi connectivity index (χ0) is 24.0. The van der Waals surface area contributed by atoms with Crippen LogP contribution in [0.3, 0.4) is 0 Å². The average molecular weight is 476 g/mol. The minimum Gasteiger partial charge on any atom is -0.489 e. The Hall–Kier alpha value is -3.00. The van der Waals surface area contributed by atoms with Gasteiger partial charge in [-0.25, -0.2) is 4.79 Å². The van der Waals surface area contributed by atoms with Gasteiger partial charge in [-0.15, -0.1) is 0 Å². The van der Waals surface area contributed by atoms with Crippen LogP contribution < -0.4 is 10.1 Å². The first-order chi connectivity index (χ1) is 15.6. The highest BCUT2D eigenvalue weighted by Crippen LogP contribution is 2.38. The zero-order valence-electron chi connectivity index (χ0n) is 19.2. The van der Waals surface area contributed by atoms with Crippen LogP contribution in [0, 0.1) is 10.1 Å². The fourth-order valence-corrected chi connectivity index (χ4v) is 3.89. The van der Waals surface area contributed by atoms with Crippen molar-refractivity contribution >= 4 is 29.1 Å². The number of benzene rings is 2. The third-order valence-corrected chi connectivity index (χ3v) is 5.46. The molecular formula is C24H30ClN3O5. The van der Waals surface area contributed by atoms with Crippen LogP contribution in [-0.4, -0.2) is 40.6 Å². The third-order valence-electron chi connectivity index (χ3n) is 5.16. The maximum absolute atomic E-state index is 12.6. The molecule has 8 nitrogen and oxygen atoms in total. The van der Waals surface area contributed by atoms with Crippen molar-refractivity contribution in [1.29, 1.82) is 0 Å². The number of halogens is 1. The second-order valence-electron chi connectivity index (χ2n) is 9.09. The monoisotopic (exact) mass is 475 g/mol. The van der Waals surface area contributed by atoms with E-state index in [0.717, 1.165) is 24.8 Å². The van der Waals surface area contributed by atoms with Crippen LogP contribution in [0.25, 0.3) is 0 Å². The van der Waals surface area contributed by atoms with Gasteiger partial charge in [0.2, 0.25) is 0 Å². The Balaban J connectivity index is 1.75. The first-order valence-electron chi connectivity index (χ1n) is 11.0. The molecule has 1 fully saturated rings. The summed E-state index contributed by atoms with van der Waals surface area (Å²) in [5.41, 5.74) is 0.409. The van der Waals surface area contributed by atoms with Crippen LogP contribution in [0.15, 0.2) is 42.5 Å². The van der Waals surface area contributed by atoms with Gasteiger partial charge in [0.15, 0.2) is 0 Å². The highest BCUT2D eigenvalue weighted by atomic mass is 35.5. The van der Waals surface area contributed by atoms with Crippen LogP contribution in [0.4, 0.5) is 16.2 Å². The molecule has 0 bridgehead atoms. The van der Waals surface area contributed by atoms with E-state index in [4.69, 9.17) is 21.1 Å². The lowest BCUT2D eigenvalue weighted by atomic mass is 10.1. The maximum atomic E-state index is 12.6. The quantitative estimate of drug-likeness (QED) is 0.405. The smallest absolute Gasteiger partial charge is 0.410 e. The molecule has 2 aromatic carbocycles. The number of ether oxygens (including phenoxy) is 2. The van der Waals surface area contributed by atoms with Gasteiger partial charge in [0, 0.05) is 25.2 Å². The minimum absolute atomic E-state index is 0.168. The van der Waals surface area contributed by atoms with E-state index in [9.17, 15) is 14.9 Å². The number of carbonyl (C=O) groups is 1. The Morgan fingerprint density at radius 2 is 1.97 bits per heavy atom. The van der Waals surface area contributed by atoms with Gasteiger partial charge in [0.05, 0.1) is 16.0 Å². The van der Waals surface area contributed by atoms with Gasteiger partial charge in [0.1, 0.15) is 23.6 Å². The van der Waals surface area contributed by atoms with E-state index >= 15 is 0 Å². The summed E-state index contributed by atoms with van der Waals surface area (Å²) in [7, 11) is 0. The topological polar surface area (TPSA) is 93.9 Å². The molecule has 2 aromatic rings. The van der Waals surface area contributed by atoms with E-state index in [1.807, 2.05) is 51.1 Å². The predicted octanol–water partition coefficient (Wildman–Crippen LogP) is 6.03. The van der Waals surface area contributed by atoms with Crippen LogP contribution in [-0.2, 0) is 11.3 Å². The number of anilines is 1. The Bertz CT molecular complexity index is 978. The SMILES string of the molecule is CC(C)(C)OC(=O)N1CCCC[C@@H](Nc2c(Cl)cc(OCc3ccccc3)cc2[N+](=O)[O-])C1. The molecule has 0 radical (unpaired) electrons. The van der Waals surface area contributed by atoms with E-state index < -0.39 is 10.5 Å². The summed E-state index contributed by atoms with van der Waals surface area (Å²) >= 11 is 6.45. The highest BCUT2D eigenvalue weighted by Gasteiger charge is 2.29. The number of nitro groups is 1. The van der Waals surface area contributed by atoms with Gasteiger partial charge < -0.3 is 19.7 Å². The largest absolute Gasteiger partial charge is 0.489 e. The van der Waals surface area contributed by atoms with Crippen LogP contribution >= 0.6 is 11.6 Å². The lowest BCUT2D eigenvalue weighted by molar-refractivity contribution is -0.384. The molecule has 33 heavy (non-hydrogen) atoms. The van der Waals surface area contributed by atoms with Gasteiger partial charge in [-0.2, -0.15) is 0 Å². The summed E-state index contributed by atoms with van der Waals surface area (Å²) in [6.07, 6.45) is 2.07. The summed E-state index contributed by atoms with van der Waals surface area (Å²) in [4.78, 5) is 25.5. The predicted molar refractivity (Wildman–Crippen MR) is 128 cm³/mol. The Labute approximate surface area is 199 Å². The van der Waals surface area contributed by atoms with Crippen LogP contribution in [0.1, 0.15) is 45.6 Å². The number of carbonyl (C=O) groups excluding carboxylic acids is 1. The molecule has 9 heteroatoms. The molecule has 178 valence electrons. The van der Waals surface area contributed by atoms with Crippen molar-refractivity contribution in [2.75, 3.05) is 18.4 Å². The molecule has 0 spiro atoms. The minimum atomic E-state index is -0.593. The van der Waals surface area contributed by atoms with Crippen molar-refractivity contribution < 1.29 is 19.2 Å². The molecule has 1 saturated heterocycles. The summed E-state index contributed by atoms with van der Waals surface area (Å²) in [5.74, 6) is 0.317. The highest BCUT2D eigenvalue weighted by molar-refractivity contribution is 6.34. The molecule has 3 rings (SSSR count). The summed E-state index contributed by atoms with van der Waals surface area (Å²) < 4.78 is 11.2. The number of rotatable bonds is 6. The molecule has 0 unspecified atom stereocenters. The lowest BCUT2D eigenvalue weighted by Crippen LogP contribution is -2.42. The number of nitro benzene ring substituents is 1. The zero-order valence-corrected chi connectivity index (χ0v) is 19.9. The molecule has 0 saturated carbocycles. The molecule has 1 amide bonds.